The molecule has 1 unspecified atom stereocenters. The van der Waals surface area contributed by atoms with E-state index in [4.69, 9.17) is 5.73 Å². The molecule has 0 heterocycles. The molecule has 1 saturated carbocycles. The number of hydrogen-bond acceptors (Lipinski definition) is 2. The Bertz CT molecular complexity index is 384. The van der Waals surface area contributed by atoms with Gasteiger partial charge in [0.05, 0.1) is 5.54 Å². The molecule has 1 aromatic carbocycles. The van der Waals surface area contributed by atoms with Gasteiger partial charge in [-0.05, 0) is 38.2 Å². The number of carbonyl (C=O) groups is 1. The van der Waals surface area contributed by atoms with E-state index in [1.165, 1.54) is 5.56 Å². The molecule has 0 radical (unpaired) electrons. The van der Waals surface area contributed by atoms with Crippen LogP contribution >= 0.6 is 0 Å². The lowest BCUT2D eigenvalue weighted by atomic mass is 9.77. The fraction of sp³-hybridized carbons (Fsp3) is 0.500. The van der Waals surface area contributed by atoms with E-state index in [-0.39, 0.29) is 11.9 Å². The standard InChI is InChI=1S/C14H20N2O/c1-11(10-12-6-3-2-4-7-12)16-13(17)14(15)8-5-9-14/h2-4,6-7,11H,5,8-10,15H2,1H3,(H,16,17). The van der Waals surface area contributed by atoms with Crippen LogP contribution in [0.1, 0.15) is 31.7 Å². The molecular formula is C14H20N2O. The maximum atomic E-state index is 11.9. The summed E-state index contributed by atoms with van der Waals surface area (Å²) in [6.45, 7) is 2.02. The lowest BCUT2D eigenvalue weighted by Crippen LogP contribution is -2.60. The SMILES string of the molecule is CC(Cc1ccccc1)NC(=O)C1(N)CCC1. The molecule has 1 amide bonds. The van der Waals surface area contributed by atoms with Crippen molar-refractivity contribution in [2.24, 2.45) is 5.73 Å². The average molecular weight is 232 g/mol. The summed E-state index contributed by atoms with van der Waals surface area (Å²) in [6.07, 6.45) is 3.55. The van der Waals surface area contributed by atoms with Crippen LogP contribution in [0.3, 0.4) is 0 Å². The molecule has 0 spiro atoms. The number of nitrogens with one attached hydrogen (secondary N) is 1. The fourth-order valence-corrected chi connectivity index (χ4v) is 2.17. The minimum Gasteiger partial charge on any atom is -0.352 e. The third-order valence-corrected chi connectivity index (χ3v) is 3.46. The molecule has 0 saturated heterocycles. The molecule has 1 aliphatic rings. The second-order valence-electron chi connectivity index (χ2n) is 5.07. The molecule has 92 valence electrons. The first-order valence-corrected chi connectivity index (χ1v) is 6.24. The fourth-order valence-electron chi connectivity index (χ4n) is 2.17. The van der Waals surface area contributed by atoms with Gasteiger partial charge in [0.2, 0.25) is 5.91 Å². The lowest BCUT2D eigenvalue weighted by molar-refractivity contribution is -0.129. The van der Waals surface area contributed by atoms with Gasteiger partial charge in [-0.15, -0.1) is 0 Å². The quantitative estimate of drug-likeness (QED) is 0.828. The summed E-state index contributed by atoms with van der Waals surface area (Å²) in [6, 6.07) is 10.3. The molecular weight excluding hydrogens is 212 g/mol. The Hall–Kier alpha value is -1.35. The molecule has 1 aromatic rings. The zero-order valence-corrected chi connectivity index (χ0v) is 10.3. The number of rotatable bonds is 4. The minimum atomic E-state index is -0.592. The van der Waals surface area contributed by atoms with Crippen LogP contribution in [-0.4, -0.2) is 17.5 Å². The highest BCUT2D eigenvalue weighted by Crippen LogP contribution is 2.29. The van der Waals surface area contributed by atoms with E-state index in [1.54, 1.807) is 0 Å². The van der Waals surface area contributed by atoms with Crippen LogP contribution in [0.2, 0.25) is 0 Å². The highest BCUT2D eigenvalue weighted by Gasteiger charge is 2.40. The van der Waals surface area contributed by atoms with E-state index in [0.29, 0.717) is 0 Å². The number of carbonyl (C=O) groups excluding carboxylic acids is 1. The molecule has 0 aliphatic heterocycles. The van der Waals surface area contributed by atoms with E-state index in [0.717, 1.165) is 25.7 Å². The predicted molar refractivity (Wildman–Crippen MR) is 68.5 cm³/mol. The van der Waals surface area contributed by atoms with Gasteiger partial charge in [0.1, 0.15) is 0 Å². The van der Waals surface area contributed by atoms with E-state index >= 15 is 0 Å². The smallest absolute Gasteiger partial charge is 0.240 e. The van der Waals surface area contributed by atoms with Crippen molar-refractivity contribution in [2.75, 3.05) is 0 Å². The molecule has 1 atom stereocenters. The first-order valence-electron chi connectivity index (χ1n) is 6.24. The highest BCUT2D eigenvalue weighted by molar-refractivity contribution is 5.87. The molecule has 1 aliphatic carbocycles. The summed E-state index contributed by atoms with van der Waals surface area (Å²) < 4.78 is 0. The Balaban J connectivity index is 1.85. The molecule has 2 rings (SSSR count). The van der Waals surface area contributed by atoms with Gasteiger partial charge in [0.25, 0.3) is 0 Å². The third-order valence-electron chi connectivity index (χ3n) is 3.46. The highest BCUT2D eigenvalue weighted by atomic mass is 16.2. The number of amides is 1. The van der Waals surface area contributed by atoms with E-state index in [9.17, 15) is 4.79 Å². The summed E-state index contributed by atoms with van der Waals surface area (Å²) in [5, 5.41) is 3.01. The van der Waals surface area contributed by atoms with E-state index in [2.05, 4.69) is 17.4 Å². The minimum absolute atomic E-state index is 0.00665. The van der Waals surface area contributed by atoms with Gasteiger partial charge in [-0.3, -0.25) is 4.79 Å². The summed E-state index contributed by atoms with van der Waals surface area (Å²) in [4.78, 5) is 11.9. The van der Waals surface area contributed by atoms with Crippen molar-refractivity contribution in [2.45, 2.75) is 44.2 Å². The molecule has 17 heavy (non-hydrogen) atoms. The number of nitrogens with two attached hydrogens (primary N) is 1. The van der Waals surface area contributed by atoms with Gasteiger partial charge in [-0.1, -0.05) is 30.3 Å². The first-order chi connectivity index (χ1) is 8.10. The van der Waals surface area contributed by atoms with E-state index in [1.807, 2.05) is 25.1 Å². The van der Waals surface area contributed by atoms with E-state index < -0.39 is 5.54 Å². The summed E-state index contributed by atoms with van der Waals surface area (Å²) >= 11 is 0. The number of hydrogen-bond donors (Lipinski definition) is 2. The van der Waals surface area contributed by atoms with Gasteiger partial charge >= 0.3 is 0 Å². The van der Waals surface area contributed by atoms with Crippen LogP contribution in [0.5, 0.6) is 0 Å². The zero-order chi connectivity index (χ0) is 12.3. The predicted octanol–water partition coefficient (Wildman–Crippen LogP) is 1.62. The Morgan fingerprint density at radius 1 is 1.41 bits per heavy atom. The molecule has 0 bridgehead atoms. The average Bonchev–Trinajstić information content (AvgIpc) is 2.27. The molecule has 3 nitrogen and oxygen atoms in total. The van der Waals surface area contributed by atoms with Gasteiger partial charge in [-0.2, -0.15) is 0 Å². The second kappa shape index (κ2) is 4.88. The van der Waals surface area contributed by atoms with Crippen LogP contribution in [0.15, 0.2) is 30.3 Å². The van der Waals surface area contributed by atoms with Gasteiger partial charge < -0.3 is 11.1 Å². The Labute approximate surface area is 102 Å². The van der Waals surface area contributed by atoms with Crippen molar-refractivity contribution in [3.05, 3.63) is 35.9 Å². The van der Waals surface area contributed by atoms with Gasteiger partial charge in [0.15, 0.2) is 0 Å². The Morgan fingerprint density at radius 2 is 2.06 bits per heavy atom. The molecule has 3 N–H and O–H groups in total. The second-order valence-corrected chi connectivity index (χ2v) is 5.07. The summed E-state index contributed by atoms with van der Waals surface area (Å²) in [5.74, 6) is 0.00665. The topological polar surface area (TPSA) is 55.1 Å². The van der Waals surface area contributed by atoms with Crippen molar-refractivity contribution in [1.29, 1.82) is 0 Å². The van der Waals surface area contributed by atoms with Crippen molar-refractivity contribution in [1.82, 2.24) is 5.32 Å². The van der Waals surface area contributed by atoms with Crippen molar-refractivity contribution < 1.29 is 4.79 Å². The van der Waals surface area contributed by atoms with Crippen molar-refractivity contribution >= 4 is 5.91 Å². The number of benzene rings is 1. The van der Waals surface area contributed by atoms with Crippen LogP contribution in [0, 0.1) is 0 Å². The van der Waals surface area contributed by atoms with Gasteiger partial charge in [-0.25, -0.2) is 0 Å². The zero-order valence-electron chi connectivity index (χ0n) is 10.3. The molecule has 3 heteroatoms. The van der Waals surface area contributed by atoms with Gasteiger partial charge in [0, 0.05) is 6.04 Å². The summed E-state index contributed by atoms with van der Waals surface area (Å²) in [7, 11) is 0. The summed E-state index contributed by atoms with van der Waals surface area (Å²) in [5.41, 5.74) is 6.62. The molecule has 1 fully saturated rings. The monoisotopic (exact) mass is 232 g/mol. The molecule has 0 aromatic heterocycles. The first kappa shape index (κ1) is 12.1. The van der Waals surface area contributed by atoms with Crippen LogP contribution in [0.25, 0.3) is 0 Å². The van der Waals surface area contributed by atoms with Crippen molar-refractivity contribution in [3.8, 4) is 0 Å². The Morgan fingerprint density at radius 3 is 2.59 bits per heavy atom. The maximum Gasteiger partial charge on any atom is 0.240 e. The maximum absolute atomic E-state index is 11.9. The Kier molecular flexibility index (Phi) is 3.48. The lowest BCUT2D eigenvalue weighted by Gasteiger charge is -2.37. The van der Waals surface area contributed by atoms with Crippen molar-refractivity contribution in [3.63, 3.8) is 0 Å². The van der Waals surface area contributed by atoms with Crippen LogP contribution in [-0.2, 0) is 11.2 Å². The normalized spacial score (nSPS) is 19.2. The van der Waals surface area contributed by atoms with Crippen LogP contribution in [0.4, 0.5) is 0 Å². The third kappa shape index (κ3) is 2.86. The largest absolute Gasteiger partial charge is 0.352 e. The van der Waals surface area contributed by atoms with Crippen LogP contribution < -0.4 is 11.1 Å².